The Morgan fingerprint density at radius 2 is 1.70 bits per heavy atom. The van der Waals surface area contributed by atoms with Gasteiger partial charge in [0, 0.05) is 0 Å². The van der Waals surface area contributed by atoms with Gasteiger partial charge in [-0.15, -0.1) is 0 Å². The minimum atomic E-state index is -0.713. The van der Waals surface area contributed by atoms with Crippen LogP contribution in [0.25, 0.3) is 0 Å². The van der Waals surface area contributed by atoms with Crippen LogP contribution in [0.2, 0.25) is 0 Å². The summed E-state index contributed by atoms with van der Waals surface area (Å²) >= 11 is 0. The van der Waals surface area contributed by atoms with Crippen LogP contribution in [0.5, 0.6) is 5.75 Å². The van der Waals surface area contributed by atoms with E-state index in [-0.39, 0.29) is 5.82 Å². The van der Waals surface area contributed by atoms with Gasteiger partial charge in [-0.25, -0.2) is 4.39 Å². The van der Waals surface area contributed by atoms with Crippen LogP contribution in [0.1, 0.15) is 31.4 Å². The molecule has 1 unspecified atom stereocenters. The fraction of sp³-hybridized carbons (Fsp3) is 0.294. The number of hydrogen-bond donors (Lipinski definition) is 1. The van der Waals surface area contributed by atoms with Gasteiger partial charge in [-0.05, 0) is 48.7 Å². The summed E-state index contributed by atoms with van der Waals surface area (Å²) in [7, 11) is 0. The zero-order valence-corrected chi connectivity index (χ0v) is 11.9. The molecule has 0 fully saturated rings. The molecular formula is C17H20FNO. The van der Waals surface area contributed by atoms with E-state index in [4.69, 9.17) is 10.5 Å². The van der Waals surface area contributed by atoms with Crippen LogP contribution in [-0.4, -0.2) is 6.61 Å². The van der Waals surface area contributed by atoms with Crippen molar-refractivity contribution in [3.8, 4) is 5.75 Å². The first kappa shape index (κ1) is 14.5. The lowest BCUT2D eigenvalue weighted by Crippen LogP contribution is -2.37. The topological polar surface area (TPSA) is 35.2 Å². The number of hydrogen-bond acceptors (Lipinski definition) is 2. The van der Waals surface area contributed by atoms with Gasteiger partial charge < -0.3 is 10.5 Å². The fourth-order valence-electron chi connectivity index (χ4n) is 2.37. The molecule has 0 aromatic heterocycles. The van der Waals surface area contributed by atoms with E-state index < -0.39 is 5.54 Å². The highest BCUT2D eigenvalue weighted by Crippen LogP contribution is 2.32. The zero-order chi connectivity index (χ0) is 14.6. The van der Waals surface area contributed by atoms with E-state index in [1.807, 2.05) is 44.2 Å². The van der Waals surface area contributed by atoms with E-state index in [0.29, 0.717) is 13.0 Å². The van der Waals surface area contributed by atoms with Gasteiger partial charge in [0.25, 0.3) is 0 Å². The van der Waals surface area contributed by atoms with Gasteiger partial charge in [0.1, 0.15) is 11.6 Å². The summed E-state index contributed by atoms with van der Waals surface area (Å²) in [4.78, 5) is 0. The first-order valence-corrected chi connectivity index (χ1v) is 6.88. The lowest BCUT2D eigenvalue weighted by atomic mass is 9.81. The second-order valence-corrected chi connectivity index (χ2v) is 4.80. The Morgan fingerprint density at radius 3 is 2.30 bits per heavy atom. The first-order valence-electron chi connectivity index (χ1n) is 6.88. The van der Waals surface area contributed by atoms with Crippen LogP contribution in [0.3, 0.4) is 0 Å². The summed E-state index contributed by atoms with van der Waals surface area (Å²) in [6, 6.07) is 14.2. The van der Waals surface area contributed by atoms with Crippen molar-refractivity contribution >= 4 is 0 Å². The average molecular weight is 273 g/mol. The van der Waals surface area contributed by atoms with Gasteiger partial charge in [-0.1, -0.05) is 31.2 Å². The fourth-order valence-corrected chi connectivity index (χ4v) is 2.37. The molecule has 106 valence electrons. The van der Waals surface area contributed by atoms with E-state index in [1.54, 1.807) is 6.07 Å². The molecular weight excluding hydrogens is 253 g/mol. The number of benzene rings is 2. The highest BCUT2D eigenvalue weighted by Gasteiger charge is 2.28. The van der Waals surface area contributed by atoms with Crippen molar-refractivity contribution in [2.45, 2.75) is 25.8 Å². The summed E-state index contributed by atoms with van der Waals surface area (Å²) in [5.74, 6) is 0.511. The van der Waals surface area contributed by atoms with Crippen molar-refractivity contribution in [2.75, 3.05) is 6.61 Å². The van der Waals surface area contributed by atoms with Crippen molar-refractivity contribution in [2.24, 2.45) is 5.73 Å². The maximum Gasteiger partial charge on any atom is 0.123 e. The molecule has 2 aromatic rings. The second kappa shape index (κ2) is 6.06. The SMILES string of the molecule is CCOc1cccc(C(N)(CC)c2cccc(F)c2)c1. The van der Waals surface area contributed by atoms with Crippen LogP contribution in [-0.2, 0) is 5.54 Å². The highest BCUT2D eigenvalue weighted by atomic mass is 19.1. The average Bonchev–Trinajstić information content (AvgIpc) is 2.47. The maximum absolute atomic E-state index is 13.5. The van der Waals surface area contributed by atoms with E-state index in [0.717, 1.165) is 16.9 Å². The van der Waals surface area contributed by atoms with Crippen molar-refractivity contribution in [3.63, 3.8) is 0 Å². The molecule has 3 heteroatoms. The molecule has 2 rings (SSSR count). The molecule has 2 aromatic carbocycles. The Morgan fingerprint density at radius 1 is 1.05 bits per heavy atom. The molecule has 0 aliphatic rings. The third kappa shape index (κ3) is 2.83. The molecule has 20 heavy (non-hydrogen) atoms. The Labute approximate surface area is 119 Å². The number of ether oxygens (including phenoxy) is 1. The van der Waals surface area contributed by atoms with Gasteiger partial charge in [0.15, 0.2) is 0 Å². The van der Waals surface area contributed by atoms with Crippen LogP contribution < -0.4 is 10.5 Å². The molecule has 0 aliphatic heterocycles. The predicted octanol–water partition coefficient (Wildman–Crippen LogP) is 3.84. The van der Waals surface area contributed by atoms with Gasteiger partial charge in [0.05, 0.1) is 12.1 Å². The van der Waals surface area contributed by atoms with Crippen LogP contribution >= 0.6 is 0 Å². The van der Waals surface area contributed by atoms with Crippen LogP contribution in [0.4, 0.5) is 4.39 Å². The summed E-state index contributed by atoms with van der Waals surface area (Å²) in [6.45, 7) is 4.54. The molecule has 0 amide bonds. The molecule has 2 N–H and O–H groups in total. The van der Waals surface area contributed by atoms with Crippen molar-refractivity contribution in [1.82, 2.24) is 0 Å². The minimum absolute atomic E-state index is 0.272. The lowest BCUT2D eigenvalue weighted by Gasteiger charge is -2.30. The van der Waals surface area contributed by atoms with Gasteiger partial charge in [0.2, 0.25) is 0 Å². The molecule has 0 bridgehead atoms. The summed E-state index contributed by atoms with van der Waals surface area (Å²) in [6.07, 6.45) is 0.673. The van der Waals surface area contributed by atoms with E-state index in [1.165, 1.54) is 12.1 Å². The quantitative estimate of drug-likeness (QED) is 0.898. The minimum Gasteiger partial charge on any atom is -0.494 e. The first-order chi connectivity index (χ1) is 9.60. The van der Waals surface area contributed by atoms with E-state index >= 15 is 0 Å². The molecule has 0 saturated carbocycles. The van der Waals surface area contributed by atoms with Crippen LogP contribution in [0, 0.1) is 5.82 Å². The molecule has 0 spiro atoms. The molecule has 0 heterocycles. The van der Waals surface area contributed by atoms with Crippen molar-refractivity contribution in [3.05, 3.63) is 65.5 Å². The Bertz CT molecular complexity index is 585. The number of nitrogens with two attached hydrogens (primary N) is 1. The normalized spacial score (nSPS) is 13.8. The Kier molecular flexibility index (Phi) is 4.40. The largest absolute Gasteiger partial charge is 0.494 e. The van der Waals surface area contributed by atoms with E-state index in [2.05, 4.69) is 0 Å². The molecule has 0 aliphatic carbocycles. The Hall–Kier alpha value is -1.87. The zero-order valence-electron chi connectivity index (χ0n) is 11.9. The summed E-state index contributed by atoms with van der Waals surface area (Å²) < 4.78 is 19.0. The highest BCUT2D eigenvalue weighted by molar-refractivity contribution is 5.41. The van der Waals surface area contributed by atoms with Gasteiger partial charge >= 0.3 is 0 Å². The Balaban J connectivity index is 2.47. The maximum atomic E-state index is 13.5. The van der Waals surface area contributed by atoms with Crippen molar-refractivity contribution < 1.29 is 9.13 Å². The molecule has 0 radical (unpaired) electrons. The third-order valence-corrected chi connectivity index (χ3v) is 3.56. The molecule has 1 atom stereocenters. The number of rotatable bonds is 5. The van der Waals surface area contributed by atoms with E-state index in [9.17, 15) is 4.39 Å². The number of halogens is 1. The smallest absolute Gasteiger partial charge is 0.123 e. The standard InChI is InChI=1S/C17H20FNO/c1-3-17(19,13-7-5-9-15(18)11-13)14-8-6-10-16(12-14)20-4-2/h5-12H,3-4,19H2,1-2H3. The molecule has 2 nitrogen and oxygen atoms in total. The summed E-state index contributed by atoms with van der Waals surface area (Å²) in [5, 5.41) is 0. The van der Waals surface area contributed by atoms with Crippen LogP contribution in [0.15, 0.2) is 48.5 Å². The van der Waals surface area contributed by atoms with Gasteiger partial charge in [-0.2, -0.15) is 0 Å². The monoisotopic (exact) mass is 273 g/mol. The second-order valence-electron chi connectivity index (χ2n) is 4.80. The third-order valence-electron chi connectivity index (χ3n) is 3.56. The van der Waals surface area contributed by atoms with Crippen molar-refractivity contribution in [1.29, 1.82) is 0 Å². The van der Waals surface area contributed by atoms with Gasteiger partial charge in [-0.3, -0.25) is 0 Å². The predicted molar refractivity (Wildman–Crippen MR) is 79.3 cm³/mol. The lowest BCUT2D eigenvalue weighted by molar-refractivity contribution is 0.339. The summed E-state index contributed by atoms with van der Waals surface area (Å²) in [5.41, 5.74) is 7.54. The molecule has 0 saturated heterocycles.